The number of nitro benzene ring substituents is 1. The molecule has 0 saturated carbocycles. The van der Waals surface area contributed by atoms with Gasteiger partial charge in [0.2, 0.25) is 0 Å². The fourth-order valence-corrected chi connectivity index (χ4v) is 1.54. The van der Waals surface area contributed by atoms with Crippen LogP contribution in [-0.2, 0) is 0 Å². The van der Waals surface area contributed by atoms with E-state index in [-0.39, 0.29) is 23.3 Å². The first-order valence-corrected chi connectivity index (χ1v) is 5.38. The van der Waals surface area contributed by atoms with Crippen molar-refractivity contribution in [1.82, 2.24) is 0 Å². The van der Waals surface area contributed by atoms with Gasteiger partial charge in [-0.15, -0.1) is 0 Å². The molecule has 0 aliphatic carbocycles. The second kappa shape index (κ2) is 5.43. The Bertz CT molecular complexity index is 688. The molecular formula is C13H7F2NO4. The summed E-state index contributed by atoms with van der Waals surface area (Å²) in [5, 5.41) is 10.6. The van der Waals surface area contributed by atoms with Crippen molar-refractivity contribution in [3.8, 4) is 11.5 Å². The Balaban J connectivity index is 2.37. The van der Waals surface area contributed by atoms with Gasteiger partial charge in [-0.05, 0) is 24.3 Å². The van der Waals surface area contributed by atoms with Crippen LogP contribution in [-0.4, -0.2) is 11.2 Å². The van der Waals surface area contributed by atoms with Crippen molar-refractivity contribution in [3.63, 3.8) is 0 Å². The van der Waals surface area contributed by atoms with Crippen LogP contribution in [0.3, 0.4) is 0 Å². The summed E-state index contributed by atoms with van der Waals surface area (Å²) in [5.41, 5.74) is -0.614. The van der Waals surface area contributed by atoms with E-state index in [4.69, 9.17) is 4.74 Å². The minimum Gasteiger partial charge on any atom is -0.454 e. The number of benzene rings is 2. The molecule has 0 heterocycles. The molecule has 0 radical (unpaired) electrons. The van der Waals surface area contributed by atoms with Gasteiger partial charge >= 0.3 is 0 Å². The molecule has 2 aromatic rings. The Morgan fingerprint density at radius 1 is 1.15 bits per heavy atom. The Morgan fingerprint density at radius 2 is 1.90 bits per heavy atom. The Hall–Kier alpha value is -2.83. The molecule has 0 aromatic heterocycles. The number of nitro groups is 1. The maximum Gasteiger partial charge on any atom is 0.280 e. The summed E-state index contributed by atoms with van der Waals surface area (Å²) in [7, 11) is 0. The van der Waals surface area contributed by atoms with Crippen molar-refractivity contribution in [1.29, 1.82) is 0 Å². The van der Waals surface area contributed by atoms with Crippen LogP contribution in [0, 0.1) is 21.7 Å². The topological polar surface area (TPSA) is 69.4 Å². The minimum absolute atomic E-state index is 0.0119. The molecule has 7 heteroatoms. The number of carbonyl (C=O) groups is 1. The molecule has 0 aliphatic rings. The number of nitrogens with zero attached hydrogens (tertiary/aromatic N) is 1. The number of hydrogen-bond donors (Lipinski definition) is 0. The van der Waals surface area contributed by atoms with Crippen LogP contribution >= 0.6 is 0 Å². The lowest BCUT2D eigenvalue weighted by Crippen LogP contribution is -1.96. The summed E-state index contributed by atoms with van der Waals surface area (Å²) >= 11 is 0. The summed E-state index contributed by atoms with van der Waals surface area (Å²) in [6.07, 6.45) is 0.285. The lowest BCUT2D eigenvalue weighted by Gasteiger charge is -2.07. The van der Waals surface area contributed by atoms with Crippen LogP contribution in [0.15, 0.2) is 36.4 Å². The van der Waals surface area contributed by atoms with Crippen molar-refractivity contribution in [2.75, 3.05) is 0 Å². The van der Waals surface area contributed by atoms with Crippen molar-refractivity contribution < 1.29 is 23.2 Å². The third-order valence-electron chi connectivity index (χ3n) is 2.44. The lowest BCUT2D eigenvalue weighted by atomic mass is 10.2. The van der Waals surface area contributed by atoms with E-state index in [2.05, 4.69) is 0 Å². The summed E-state index contributed by atoms with van der Waals surface area (Å²) in [5.74, 6) is -1.88. The van der Waals surface area contributed by atoms with Gasteiger partial charge in [0.05, 0.1) is 10.5 Å². The molecular weight excluding hydrogens is 272 g/mol. The molecule has 0 N–H and O–H groups in total. The third-order valence-corrected chi connectivity index (χ3v) is 2.44. The van der Waals surface area contributed by atoms with E-state index in [9.17, 15) is 23.7 Å². The summed E-state index contributed by atoms with van der Waals surface area (Å²) in [6, 6.07) is 5.96. The van der Waals surface area contributed by atoms with Gasteiger partial charge in [-0.2, -0.15) is 0 Å². The van der Waals surface area contributed by atoms with E-state index in [1.807, 2.05) is 0 Å². The largest absolute Gasteiger partial charge is 0.454 e. The highest BCUT2D eigenvalue weighted by Gasteiger charge is 2.15. The number of carbonyl (C=O) groups excluding carboxylic acids is 1. The average molecular weight is 279 g/mol. The molecule has 0 aliphatic heterocycles. The van der Waals surface area contributed by atoms with Crippen molar-refractivity contribution in [3.05, 3.63) is 63.7 Å². The molecule has 2 rings (SSSR count). The van der Waals surface area contributed by atoms with Crippen molar-refractivity contribution in [2.45, 2.75) is 0 Å². The fourth-order valence-electron chi connectivity index (χ4n) is 1.54. The van der Waals surface area contributed by atoms with Crippen molar-refractivity contribution in [2.24, 2.45) is 0 Å². The molecule has 5 nitrogen and oxygen atoms in total. The third kappa shape index (κ3) is 2.77. The predicted octanol–water partition coefficient (Wildman–Crippen LogP) is 3.48. The molecule has 0 unspecified atom stereocenters. The maximum absolute atomic E-state index is 13.4. The average Bonchev–Trinajstić information content (AvgIpc) is 2.42. The zero-order chi connectivity index (χ0) is 14.7. The van der Waals surface area contributed by atoms with E-state index in [1.54, 1.807) is 0 Å². The zero-order valence-corrected chi connectivity index (χ0v) is 9.88. The van der Waals surface area contributed by atoms with E-state index in [1.165, 1.54) is 6.07 Å². The molecule has 0 spiro atoms. The standard InChI is InChI=1S/C13H7F2NO4/c14-9-1-3-11(15)13(6-9)20-10-2-4-12(16(18)19)8(5-10)7-17/h1-7H. The van der Waals surface area contributed by atoms with E-state index in [0.29, 0.717) is 0 Å². The second-order valence-electron chi connectivity index (χ2n) is 3.77. The number of ether oxygens (including phenoxy) is 1. The summed E-state index contributed by atoms with van der Waals surface area (Å²) < 4.78 is 31.4. The van der Waals surface area contributed by atoms with Gasteiger partial charge in [0, 0.05) is 12.1 Å². The quantitative estimate of drug-likeness (QED) is 0.488. The van der Waals surface area contributed by atoms with Crippen LogP contribution < -0.4 is 4.74 Å². The summed E-state index contributed by atoms with van der Waals surface area (Å²) in [6.45, 7) is 0. The molecule has 0 saturated heterocycles. The second-order valence-corrected chi connectivity index (χ2v) is 3.77. The molecule has 20 heavy (non-hydrogen) atoms. The van der Waals surface area contributed by atoms with Gasteiger partial charge in [-0.3, -0.25) is 14.9 Å². The van der Waals surface area contributed by atoms with Crippen molar-refractivity contribution >= 4 is 12.0 Å². The van der Waals surface area contributed by atoms with Gasteiger partial charge in [-0.1, -0.05) is 0 Å². The highest BCUT2D eigenvalue weighted by Crippen LogP contribution is 2.28. The Morgan fingerprint density at radius 3 is 2.55 bits per heavy atom. The van der Waals surface area contributed by atoms with Crippen LogP contribution in [0.1, 0.15) is 10.4 Å². The first kappa shape index (κ1) is 13.6. The molecule has 2 aromatic carbocycles. The first-order chi connectivity index (χ1) is 9.51. The Kier molecular flexibility index (Phi) is 3.69. The normalized spacial score (nSPS) is 10.1. The van der Waals surface area contributed by atoms with Gasteiger partial charge in [0.15, 0.2) is 17.9 Å². The Labute approximate surface area is 111 Å². The lowest BCUT2D eigenvalue weighted by molar-refractivity contribution is -0.385. The van der Waals surface area contributed by atoms with Crippen LogP contribution in [0.5, 0.6) is 11.5 Å². The smallest absolute Gasteiger partial charge is 0.280 e. The monoisotopic (exact) mass is 279 g/mol. The SMILES string of the molecule is O=Cc1cc(Oc2cc(F)ccc2F)ccc1[N+](=O)[O-]. The predicted molar refractivity (Wildman–Crippen MR) is 64.9 cm³/mol. The first-order valence-electron chi connectivity index (χ1n) is 5.38. The van der Waals surface area contributed by atoms with Crippen LogP contribution in [0.25, 0.3) is 0 Å². The number of aldehydes is 1. The maximum atomic E-state index is 13.4. The summed E-state index contributed by atoms with van der Waals surface area (Å²) in [4.78, 5) is 20.7. The number of rotatable bonds is 4. The van der Waals surface area contributed by atoms with E-state index >= 15 is 0 Å². The van der Waals surface area contributed by atoms with Gasteiger partial charge in [0.1, 0.15) is 11.6 Å². The van der Waals surface area contributed by atoms with Crippen LogP contribution in [0.2, 0.25) is 0 Å². The molecule has 0 amide bonds. The fraction of sp³-hybridized carbons (Fsp3) is 0. The van der Waals surface area contributed by atoms with E-state index < -0.39 is 22.2 Å². The number of hydrogen-bond acceptors (Lipinski definition) is 4. The number of halogens is 2. The molecule has 0 bridgehead atoms. The van der Waals surface area contributed by atoms with E-state index in [0.717, 1.165) is 30.3 Å². The minimum atomic E-state index is -0.794. The molecule has 102 valence electrons. The van der Waals surface area contributed by atoms with Gasteiger partial charge < -0.3 is 4.74 Å². The molecule has 0 atom stereocenters. The van der Waals surface area contributed by atoms with Gasteiger partial charge in [-0.25, -0.2) is 8.78 Å². The van der Waals surface area contributed by atoms with Gasteiger partial charge in [0.25, 0.3) is 5.69 Å². The van der Waals surface area contributed by atoms with Crippen LogP contribution in [0.4, 0.5) is 14.5 Å². The zero-order valence-electron chi connectivity index (χ0n) is 9.88. The highest BCUT2D eigenvalue weighted by molar-refractivity contribution is 5.82. The molecule has 0 fully saturated rings. The highest BCUT2D eigenvalue weighted by atomic mass is 19.1.